The molecule has 0 saturated heterocycles. The summed E-state index contributed by atoms with van der Waals surface area (Å²) in [5, 5.41) is 0. The van der Waals surface area contributed by atoms with Crippen molar-refractivity contribution in [3.8, 4) is 10.4 Å². The van der Waals surface area contributed by atoms with Crippen molar-refractivity contribution in [1.29, 1.82) is 0 Å². The third-order valence-corrected chi connectivity index (χ3v) is 4.64. The topological polar surface area (TPSA) is 12.4 Å². The lowest BCUT2D eigenvalue weighted by molar-refractivity contribution is 0.901. The standard InChI is InChI=1S/C16H15NS/c1-12-11-15(13-5-3-2-4-6-13)18-16(12)14-7-9-17-10-8-14/h2-7,9-11,14H,8H2,1H3. The van der Waals surface area contributed by atoms with Gasteiger partial charge in [0.15, 0.2) is 0 Å². The second-order valence-electron chi connectivity index (χ2n) is 4.54. The lowest BCUT2D eigenvalue weighted by Gasteiger charge is -2.11. The van der Waals surface area contributed by atoms with Crippen molar-refractivity contribution in [2.45, 2.75) is 19.3 Å². The lowest BCUT2D eigenvalue weighted by Crippen LogP contribution is -1.97. The first-order chi connectivity index (χ1) is 8.84. The van der Waals surface area contributed by atoms with Gasteiger partial charge in [-0.1, -0.05) is 36.4 Å². The van der Waals surface area contributed by atoms with E-state index < -0.39 is 0 Å². The summed E-state index contributed by atoms with van der Waals surface area (Å²) in [5.74, 6) is 0.505. The van der Waals surface area contributed by atoms with E-state index in [2.05, 4.69) is 54.4 Å². The van der Waals surface area contributed by atoms with Gasteiger partial charge >= 0.3 is 0 Å². The van der Waals surface area contributed by atoms with Crippen LogP contribution in [0.15, 0.2) is 53.7 Å². The van der Waals surface area contributed by atoms with E-state index in [-0.39, 0.29) is 0 Å². The molecule has 0 radical (unpaired) electrons. The van der Waals surface area contributed by atoms with Crippen LogP contribution in [0.1, 0.15) is 22.8 Å². The number of aryl methyl sites for hydroxylation is 1. The number of allylic oxidation sites excluding steroid dienone is 1. The van der Waals surface area contributed by atoms with Gasteiger partial charge in [-0.15, -0.1) is 11.3 Å². The molecule has 1 aromatic carbocycles. The molecule has 0 bridgehead atoms. The van der Waals surface area contributed by atoms with E-state index in [0.717, 1.165) is 6.42 Å². The van der Waals surface area contributed by atoms with Gasteiger partial charge in [-0.2, -0.15) is 0 Å². The number of benzene rings is 1. The number of rotatable bonds is 2. The average molecular weight is 253 g/mol. The SMILES string of the molecule is Cc1cc(-c2ccccc2)sc1C1C=CN=CC1. The Morgan fingerprint density at radius 2 is 2.06 bits per heavy atom. The summed E-state index contributed by atoms with van der Waals surface area (Å²) in [7, 11) is 0. The Morgan fingerprint density at radius 1 is 1.22 bits per heavy atom. The van der Waals surface area contributed by atoms with Crippen molar-refractivity contribution in [3.05, 3.63) is 59.1 Å². The summed E-state index contributed by atoms with van der Waals surface area (Å²) < 4.78 is 0. The first-order valence-corrected chi connectivity index (χ1v) is 7.00. The molecule has 2 heteroatoms. The maximum atomic E-state index is 4.15. The van der Waals surface area contributed by atoms with Crippen LogP contribution in [0.4, 0.5) is 0 Å². The molecule has 0 aliphatic carbocycles. The summed E-state index contributed by atoms with van der Waals surface area (Å²) in [5.41, 5.74) is 2.70. The minimum Gasteiger partial charge on any atom is -0.269 e. The Labute approximate surface area is 112 Å². The first kappa shape index (κ1) is 11.4. The Bertz CT molecular complexity index is 593. The number of thiophene rings is 1. The Balaban J connectivity index is 1.96. The van der Waals surface area contributed by atoms with E-state index >= 15 is 0 Å². The van der Waals surface area contributed by atoms with Crippen molar-refractivity contribution in [2.75, 3.05) is 0 Å². The second-order valence-corrected chi connectivity index (χ2v) is 5.62. The van der Waals surface area contributed by atoms with Crippen molar-refractivity contribution < 1.29 is 0 Å². The smallest absolute Gasteiger partial charge is 0.0348 e. The van der Waals surface area contributed by atoms with E-state index in [4.69, 9.17) is 0 Å². The highest BCUT2D eigenvalue weighted by molar-refractivity contribution is 7.15. The summed E-state index contributed by atoms with van der Waals surface area (Å²) in [6, 6.07) is 12.9. The molecule has 2 aromatic rings. The fraction of sp³-hybridized carbons (Fsp3) is 0.188. The van der Waals surface area contributed by atoms with Crippen molar-refractivity contribution in [3.63, 3.8) is 0 Å². The largest absolute Gasteiger partial charge is 0.269 e. The van der Waals surface area contributed by atoms with Crippen molar-refractivity contribution >= 4 is 17.6 Å². The number of hydrogen-bond donors (Lipinski definition) is 0. The number of hydrogen-bond acceptors (Lipinski definition) is 2. The lowest BCUT2D eigenvalue weighted by atomic mass is 10.00. The van der Waals surface area contributed by atoms with Crippen LogP contribution in [-0.2, 0) is 0 Å². The quantitative estimate of drug-likeness (QED) is 0.729. The zero-order chi connectivity index (χ0) is 12.4. The minimum absolute atomic E-state index is 0.505. The van der Waals surface area contributed by atoms with Gasteiger partial charge in [0.2, 0.25) is 0 Å². The highest BCUT2D eigenvalue weighted by Gasteiger charge is 2.15. The van der Waals surface area contributed by atoms with Crippen LogP contribution in [-0.4, -0.2) is 6.21 Å². The molecule has 90 valence electrons. The van der Waals surface area contributed by atoms with Crippen molar-refractivity contribution in [1.82, 2.24) is 0 Å². The molecule has 0 saturated carbocycles. The predicted octanol–water partition coefficient (Wildman–Crippen LogP) is 4.80. The van der Waals surface area contributed by atoms with Crippen LogP contribution < -0.4 is 0 Å². The third kappa shape index (κ3) is 2.16. The molecule has 1 atom stereocenters. The summed E-state index contributed by atoms with van der Waals surface area (Å²) in [4.78, 5) is 6.98. The predicted molar refractivity (Wildman–Crippen MR) is 79.5 cm³/mol. The van der Waals surface area contributed by atoms with E-state index in [1.807, 2.05) is 23.8 Å². The molecule has 3 rings (SSSR count). The molecule has 0 N–H and O–H groups in total. The molecule has 0 spiro atoms. The summed E-state index contributed by atoms with van der Waals surface area (Å²) in [6.07, 6.45) is 7.14. The van der Waals surface area contributed by atoms with Crippen LogP contribution in [0.25, 0.3) is 10.4 Å². The second kappa shape index (κ2) is 4.91. The van der Waals surface area contributed by atoms with Gasteiger partial charge in [-0.25, -0.2) is 0 Å². The molecule has 1 aliphatic heterocycles. The molecular weight excluding hydrogens is 238 g/mol. The molecule has 0 fully saturated rings. The summed E-state index contributed by atoms with van der Waals surface area (Å²) in [6.45, 7) is 2.21. The van der Waals surface area contributed by atoms with Gasteiger partial charge in [0, 0.05) is 28.1 Å². The fourth-order valence-electron chi connectivity index (χ4n) is 2.27. The van der Waals surface area contributed by atoms with Crippen LogP contribution >= 0.6 is 11.3 Å². The first-order valence-electron chi connectivity index (χ1n) is 6.18. The molecule has 1 unspecified atom stereocenters. The fourth-order valence-corrected chi connectivity index (χ4v) is 3.54. The summed E-state index contributed by atoms with van der Waals surface area (Å²) >= 11 is 1.91. The van der Waals surface area contributed by atoms with Gasteiger partial charge in [-0.05, 0) is 30.5 Å². The molecule has 0 amide bonds. The third-order valence-electron chi connectivity index (χ3n) is 3.22. The molecule has 1 aromatic heterocycles. The van der Waals surface area contributed by atoms with Gasteiger partial charge in [0.25, 0.3) is 0 Å². The Hall–Kier alpha value is -1.67. The highest BCUT2D eigenvalue weighted by atomic mass is 32.1. The van der Waals surface area contributed by atoms with Crippen molar-refractivity contribution in [2.24, 2.45) is 4.99 Å². The van der Waals surface area contributed by atoms with Gasteiger partial charge in [0.1, 0.15) is 0 Å². The normalized spacial score (nSPS) is 18.2. The maximum absolute atomic E-state index is 4.15. The van der Waals surface area contributed by atoms with E-state index in [1.165, 1.54) is 20.9 Å². The van der Waals surface area contributed by atoms with E-state index in [1.54, 1.807) is 0 Å². The molecule has 1 aliphatic rings. The number of nitrogens with zero attached hydrogens (tertiary/aromatic N) is 1. The van der Waals surface area contributed by atoms with Crippen LogP contribution in [0.5, 0.6) is 0 Å². The molecule has 18 heavy (non-hydrogen) atoms. The van der Waals surface area contributed by atoms with Gasteiger partial charge in [-0.3, -0.25) is 4.99 Å². The molecule has 1 nitrogen and oxygen atoms in total. The van der Waals surface area contributed by atoms with Gasteiger partial charge in [0.05, 0.1) is 0 Å². The van der Waals surface area contributed by atoms with Crippen LogP contribution in [0.2, 0.25) is 0 Å². The minimum atomic E-state index is 0.505. The Morgan fingerprint density at radius 3 is 2.78 bits per heavy atom. The average Bonchev–Trinajstić information content (AvgIpc) is 2.83. The van der Waals surface area contributed by atoms with E-state index in [0.29, 0.717) is 5.92 Å². The van der Waals surface area contributed by atoms with E-state index in [9.17, 15) is 0 Å². The molecular formula is C16H15NS. The molecule has 2 heterocycles. The number of aliphatic imine (C=N–C) groups is 1. The Kier molecular flexibility index (Phi) is 3.11. The van der Waals surface area contributed by atoms with Crippen LogP contribution in [0, 0.1) is 6.92 Å². The van der Waals surface area contributed by atoms with Crippen LogP contribution in [0.3, 0.4) is 0 Å². The zero-order valence-corrected chi connectivity index (χ0v) is 11.2. The maximum Gasteiger partial charge on any atom is 0.0348 e. The zero-order valence-electron chi connectivity index (χ0n) is 10.3. The van der Waals surface area contributed by atoms with Gasteiger partial charge < -0.3 is 0 Å². The highest BCUT2D eigenvalue weighted by Crippen LogP contribution is 2.37. The monoisotopic (exact) mass is 253 g/mol.